The molecule has 8 nitrogen and oxygen atoms in total. The summed E-state index contributed by atoms with van der Waals surface area (Å²) in [5, 5.41) is 19.4. The number of carboxylic acid groups (broad SMARTS) is 1. The molecular formula is C13H12N2O6. The number of rotatable bonds is 7. The second-order valence-corrected chi connectivity index (χ2v) is 3.86. The maximum absolute atomic E-state index is 11.8. The van der Waals surface area contributed by atoms with E-state index in [0.29, 0.717) is 0 Å². The lowest BCUT2D eigenvalue weighted by atomic mass is 10.3. The third-order valence-electron chi connectivity index (χ3n) is 2.37. The summed E-state index contributed by atoms with van der Waals surface area (Å²) in [6.07, 6.45) is 5.05. The van der Waals surface area contributed by atoms with Crippen LogP contribution in [0.5, 0.6) is 5.75 Å². The molecule has 0 atom stereocenters. The number of nitro groups is 1. The number of carbonyl (C=O) groups is 2. The largest absolute Gasteiger partial charge is 0.480 e. The Bertz CT molecular complexity index is 593. The second kappa shape index (κ2) is 7.49. The van der Waals surface area contributed by atoms with Crippen LogP contribution in [0.2, 0.25) is 0 Å². The van der Waals surface area contributed by atoms with E-state index in [4.69, 9.17) is 16.3 Å². The standard InChI is InChI=1S/C13H12N2O6/c1-2-7-14(8-13(17)18)12(16)9-21-11-6-4-3-5-10(11)15(19)20/h1,3-6H,7-9H2,(H,17,18). The van der Waals surface area contributed by atoms with Crippen molar-refractivity contribution >= 4 is 17.6 Å². The number of carboxylic acids is 1. The van der Waals surface area contributed by atoms with Crippen LogP contribution >= 0.6 is 0 Å². The van der Waals surface area contributed by atoms with E-state index < -0.39 is 30.0 Å². The minimum absolute atomic E-state index is 0.0770. The van der Waals surface area contributed by atoms with E-state index >= 15 is 0 Å². The van der Waals surface area contributed by atoms with Gasteiger partial charge in [0.05, 0.1) is 11.5 Å². The van der Waals surface area contributed by atoms with E-state index in [-0.39, 0.29) is 18.0 Å². The molecule has 0 aliphatic carbocycles. The number of nitro benzene ring substituents is 1. The van der Waals surface area contributed by atoms with Crippen LogP contribution in [-0.4, -0.2) is 46.5 Å². The smallest absolute Gasteiger partial charge is 0.323 e. The van der Waals surface area contributed by atoms with E-state index in [1.54, 1.807) is 0 Å². The third kappa shape index (κ3) is 4.83. The highest BCUT2D eigenvalue weighted by Crippen LogP contribution is 2.25. The first kappa shape index (κ1) is 16.0. The first-order valence-corrected chi connectivity index (χ1v) is 5.75. The van der Waals surface area contributed by atoms with Gasteiger partial charge in [-0.1, -0.05) is 18.1 Å². The Morgan fingerprint density at radius 2 is 2.10 bits per heavy atom. The molecule has 1 amide bonds. The molecule has 0 aromatic heterocycles. The lowest BCUT2D eigenvalue weighted by Gasteiger charge is -2.17. The zero-order chi connectivity index (χ0) is 15.8. The molecule has 1 aromatic carbocycles. The molecule has 110 valence electrons. The molecule has 1 N–H and O–H groups in total. The molecule has 0 heterocycles. The minimum Gasteiger partial charge on any atom is -0.480 e. The second-order valence-electron chi connectivity index (χ2n) is 3.86. The monoisotopic (exact) mass is 292 g/mol. The zero-order valence-corrected chi connectivity index (χ0v) is 10.9. The molecule has 0 saturated heterocycles. The molecule has 0 saturated carbocycles. The molecule has 0 unspecified atom stereocenters. The Morgan fingerprint density at radius 1 is 1.43 bits per heavy atom. The highest BCUT2D eigenvalue weighted by atomic mass is 16.6. The minimum atomic E-state index is -1.22. The predicted molar refractivity (Wildman–Crippen MR) is 71.6 cm³/mol. The Morgan fingerprint density at radius 3 is 2.67 bits per heavy atom. The number of ether oxygens (including phenoxy) is 1. The van der Waals surface area contributed by atoms with Crippen LogP contribution in [0.4, 0.5) is 5.69 Å². The molecule has 21 heavy (non-hydrogen) atoms. The van der Waals surface area contributed by atoms with Crippen molar-refractivity contribution in [3.63, 3.8) is 0 Å². The van der Waals surface area contributed by atoms with Crippen molar-refractivity contribution in [3.8, 4) is 18.1 Å². The number of nitrogens with zero attached hydrogens (tertiary/aromatic N) is 2. The summed E-state index contributed by atoms with van der Waals surface area (Å²) >= 11 is 0. The quantitative estimate of drug-likeness (QED) is 0.445. The zero-order valence-electron chi connectivity index (χ0n) is 10.9. The van der Waals surface area contributed by atoms with Gasteiger partial charge in [-0.3, -0.25) is 19.7 Å². The average molecular weight is 292 g/mol. The summed E-state index contributed by atoms with van der Waals surface area (Å²) in [6, 6.07) is 5.55. The maximum atomic E-state index is 11.8. The van der Waals surface area contributed by atoms with Crippen LogP contribution < -0.4 is 4.74 Å². The summed E-state index contributed by atoms with van der Waals surface area (Å²) in [5.41, 5.74) is -0.285. The van der Waals surface area contributed by atoms with Gasteiger partial charge in [-0.25, -0.2) is 0 Å². The van der Waals surface area contributed by atoms with Gasteiger partial charge in [0.1, 0.15) is 6.54 Å². The summed E-state index contributed by atoms with van der Waals surface area (Å²) in [4.78, 5) is 33.4. The number of aliphatic carboxylic acids is 1. The summed E-state index contributed by atoms with van der Waals surface area (Å²) < 4.78 is 5.07. The molecule has 1 aromatic rings. The molecule has 0 bridgehead atoms. The number of amides is 1. The van der Waals surface area contributed by atoms with Gasteiger partial charge < -0.3 is 14.7 Å². The highest BCUT2D eigenvalue weighted by Gasteiger charge is 2.19. The Kier molecular flexibility index (Phi) is 5.70. The number of benzene rings is 1. The molecular weight excluding hydrogens is 280 g/mol. The summed E-state index contributed by atoms with van der Waals surface area (Å²) in [6.45, 7) is -1.30. The van der Waals surface area contributed by atoms with Gasteiger partial charge in [0.2, 0.25) is 0 Å². The van der Waals surface area contributed by atoms with Gasteiger partial charge in [-0.05, 0) is 6.07 Å². The van der Waals surface area contributed by atoms with Crippen LogP contribution in [0, 0.1) is 22.5 Å². The third-order valence-corrected chi connectivity index (χ3v) is 2.37. The van der Waals surface area contributed by atoms with Crippen LogP contribution in [0.25, 0.3) is 0 Å². The fourth-order valence-electron chi connectivity index (χ4n) is 1.47. The van der Waals surface area contributed by atoms with Crippen molar-refractivity contribution in [3.05, 3.63) is 34.4 Å². The fraction of sp³-hybridized carbons (Fsp3) is 0.231. The predicted octanol–water partition coefficient (Wildman–Crippen LogP) is 0.520. The average Bonchev–Trinajstić information content (AvgIpc) is 2.44. The van der Waals surface area contributed by atoms with Crippen molar-refractivity contribution < 1.29 is 24.4 Å². The number of para-hydroxylation sites is 2. The van der Waals surface area contributed by atoms with E-state index in [9.17, 15) is 19.7 Å². The Balaban J connectivity index is 2.73. The van der Waals surface area contributed by atoms with Crippen molar-refractivity contribution in [1.29, 1.82) is 0 Å². The van der Waals surface area contributed by atoms with Gasteiger partial charge in [0.25, 0.3) is 5.91 Å². The number of carbonyl (C=O) groups excluding carboxylic acids is 1. The van der Waals surface area contributed by atoms with Gasteiger partial charge in [0, 0.05) is 6.07 Å². The summed E-state index contributed by atoms with van der Waals surface area (Å²) in [7, 11) is 0. The van der Waals surface area contributed by atoms with E-state index in [0.717, 1.165) is 4.90 Å². The van der Waals surface area contributed by atoms with Gasteiger partial charge in [0.15, 0.2) is 12.4 Å². The highest BCUT2D eigenvalue weighted by molar-refractivity contribution is 5.82. The lowest BCUT2D eigenvalue weighted by molar-refractivity contribution is -0.385. The van der Waals surface area contributed by atoms with Crippen molar-refractivity contribution in [2.75, 3.05) is 19.7 Å². The van der Waals surface area contributed by atoms with Crippen LogP contribution in [0.15, 0.2) is 24.3 Å². The molecule has 0 aliphatic heterocycles. The fourth-order valence-corrected chi connectivity index (χ4v) is 1.47. The molecule has 0 radical (unpaired) electrons. The normalized spacial score (nSPS) is 9.48. The Hall–Kier alpha value is -3.08. The molecule has 1 rings (SSSR count). The number of hydrogen-bond acceptors (Lipinski definition) is 5. The van der Waals surface area contributed by atoms with Crippen LogP contribution in [0.3, 0.4) is 0 Å². The Labute approximate surface area is 120 Å². The van der Waals surface area contributed by atoms with Gasteiger partial charge >= 0.3 is 11.7 Å². The molecule has 0 fully saturated rings. The summed E-state index contributed by atoms with van der Waals surface area (Å²) in [5.74, 6) is 0.192. The van der Waals surface area contributed by atoms with E-state index in [1.807, 2.05) is 0 Å². The first-order valence-electron chi connectivity index (χ1n) is 5.75. The maximum Gasteiger partial charge on any atom is 0.323 e. The van der Waals surface area contributed by atoms with Gasteiger partial charge in [-0.2, -0.15) is 0 Å². The van der Waals surface area contributed by atoms with E-state index in [1.165, 1.54) is 24.3 Å². The van der Waals surface area contributed by atoms with E-state index in [2.05, 4.69) is 5.92 Å². The van der Waals surface area contributed by atoms with Crippen LogP contribution in [-0.2, 0) is 9.59 Å². The van der Waals surface area contributed by atoms with Crippen molar-refractivity contribution in [2.45, 2.75) is 0 Å². The van der Waals surface area contributed by atoms with Crippen molar-refractivity contribution in [1.82, 2.24) is 4.90 Å². The molecule has 8 heteroatoms. The van der Waals surface area contributed by atoms with Crippen molar-refractivity contribution in [2.24, 2.45) is 0 Å². The molecule has 0 spiro atoms. The first-order chi connectivity index (χ1) is 9.95. The topological polar surface area (TPSA) is 110 Å². The SMILES string of the molecule is C#CCN(CC(=O)O)C(=O)COc1ccccc1[N+](=O)[O-]. The number of terminal acetylenes is 1. The van der Waals surface area contributed by atoms with Crippen LogP contribution in [0.1, 0.15) is 0 Å². The van der Waals surface area contributed by atoms with Gasteiger partial charge in [-0.15, -0.1) is 6.42 Å². The number of hydrogen-bond donors (Lipinski definition) is 1. The lowest BCUT2D eigenvalue weighted by Crippen LogP contribution is -2.39. The molecule has 0 aliphatic rings.